The number of alkyl carbamates (subject to hydrolysis) is 1. The molecule has 9 nitrogen and oxygen atoms in total. The van der Waals surface area contributed by atoms with Crippen molar-refractivity contribution < 1.29 is 9.53 Å². The SMILES string of the molecule is Cn1c(=O)n(CCCNC(=O)OC(C)(C)C)c(=O)c2c1nc(Br)n2CCCCl. The highest BCUT2D eigenvalue weighted by atomic mass is 79.9. The Morgan fingerprint density at radius 2 is 1.86 bits per heavy atom. The number of hydrogen-bond donors (Lipinski definition) is 1. The predicted octanol–water partition coefficient (Wildman–Crippen LogP) is 2.20. The first-order valence-corrected chi connectivity index (χ1v) is 10.3. The Kier molecular flexibility index (Phi) is 7.33. The van der Waals surface area contributed by atoms with Crippen LogP contribution in [0, 0.1) is 0 Å². The molecule has 0 aliphatic rings. The number of halogens is 2. The van der Waals surface area contributed by atoms with Gasteiger partial charge < -0.3 is 14.6 Å². The van der Waals surface area contributed by atoms with E-state index in [1.807, 2.05) is 0 Å². The number of fused-ring (bicyclic) bond motifs is 1. The van der Waals surface area contributed by atoms with Crippen LogP contribution in [0.5, 0.6) is 0 Å². The molecule has 0 saturated carbocycles. The average molecular weight is 479 g/mol. The van der Waals surface area contributed by atoms with Crippen LogP contribution in [0.4, 0.5) is 4.79 Å². The van der Waals surface area contributed by atoms with Gasteiger partial charge in [-0.3, -0.25) is 13.9 Å². The smallest absolute Gasteiger partial charge is 0.407 e. The van der Waals surface area contributed by atoms with Crippen molar-refractivity contribution in [2.24, 2.45) is 7.05 Å². The van der Waals surface area contributed by atoms with E-state index in [9.17, 15) is 14.4 Å². The summed E-state index contributed by atoms with van der Waals surface area (Å²) in [6, 6.07) is 0. The molecule has 0 unspecified atom stereocenters. The lowest BCUT2D eigenvalue weighted by atomic mass is 10.2. The summed E-state index contributed by atoms with van der Waals surface area (Å²) in [5.74, 6) is 0.447. The van der Waals surface area contributed by atoms with Crippen molar-refractivity contribution in [2.45, 2.75) is 52.3 Å². The molecular weight excluding hydrogens is 454 g/mol. The second-order valence-electron chi connectivity index (χ2n) is 7.33. The molecule has 0 aromatic carbocycles. The molecule has 2 heterocycles. The zero-order valence-electron chi connectivity index (χ0n) is 16.4. The molecule has 0 saturated heterocycles. The molecule has 2 rings (SSSR count). The van der Waals surface area contributed by atoms with Gasteiger partial charge in [-0.15, -0.1) is 11.6 Å². The summed E-state index contributed by atoms with van der Waals surface area (Å²) in [6.45, 7) is 6.27. The molecule has 0 aliphatic heterocycles. The van der Waals surface area contributed by atoms with E-state index < -0.39 is 22.9 Å². The highest BCUT2D eigenvalue weighted by Crippen LogP contribution is 2.17. The van der Waals surface area contributed by atoms with Crippen LogP contribution in [0.2, 0.25) is 0 Å². The number of imidazole rings is 1. The van der Waals surface area contributed by atoms with Crippen LogP contribution >= 0.6 is 27.5 Å². The van der Waals surface area contributed by atoms with E-state index in [1.165, 1.54) is 4.57 Å². The molecular formula is C17H25BrClN5O4. The Labute approximate surface area is 175 Å². The third-order valence-corrected chi connectivity index (χ3v) is 4.80. The van der Waals surface area contributed by atoms with Crippen LogP contribution in [0.25, 0.3) is 11.2 Å². The lowest BCUT2D eigenvalue weighted by Crippen LogP contribution is -2.40. The number of alkyl halides is 1. The van der Waals surface area contributed by atoms with Crippen molar-refractivity contribution in [3.8, 4) is 0 Å². The minimum absolute atomic E-state index is 0.162. The number of hydrogen-bond acceptors (Lipinski definition) is 5. The molecule has 2 aromatic heterocycles. The number of ether oxygens (including phenoxy) is 1. The van der Waals surface area contributed by atoms with E-state index in [-0.39, 0.29) is 13.1 Å². The molecule has 28 heavy (non-hydrogen) atoms. The number of nitrogens with zero attached hydrogens (tertiary/aromatic N) is 4. The third-order valence-electron chi connectivity index (χ3n) is 3.93. The first-order valence-electron chi connectivity index (χ1n) is 8.95. The zero-order chi connectivity index (χ0) is 21.1. The van der Waals surface area contributed by atoms with Gasteiger partial charge in [-0.05, 0) is 49.5 Å². The van der Waals surface area contributed by atoms with Gasteiger partial charge in [-0.1, -0.05) is 0 Å². The molecule has 2 aromatic rings. The summed E-state index contributed by atoms with van der Waals surface area (Å²) >= 11 is 9.11. The van der Waals surface area contributed by atoms with E-state index >= 15 is 0 Å². The summed E-state index contributed by atoms with van der Waals surface area (Å²) in [6.07, 6.45) is 0.524. The van der Waals surface area contributed by atoms with Gasteiger partial charge in [0.15, 0.2) is 15.9 Å². The number of carbonyl (C=O) groups excluding carboxylic acids is 1. The molecule has 0 bridgehead atoms. The standard InChI is InChI=1S/C17H25BrClN5O4/c1-17(2,3)28-15(26)20-8-6-10-24-13(25)11-12(22(4)16(24)27)21-14(18)23(11)9-5-7-19/h5-10H2,1-4H3,(H,20,26). The topological polar surface area (TPSA) is 100 Å². The maximum Gasteiger partial charge on any atom is 0.407 e. The Morgan fingerprint density at radius 3 is 2.46 bits per heavy atom. The van der Waals surface area contributed by atoms with Crippen LogP contribution in [-0.2, 0) is 24.9 Å². The van der Waals surface area contributed by atoms with Gasteiger partial charge in [0, 0.05) is 32.6 Å². The van der Waals surface area contributed by atoms with E-state index in [1.54, 1.807) is 32.4 Å². The normalized spacial score (nSPS) is 11.8. The van der Waals surface area contributed by atoms with Gasteiger partial charge in [0.05, 0.1) is 0 Å². The molecule has 0 aliphatic carbocycles. The van der Waals surface area contributed by atoms with Crippen LogP contribution in [0.3, 0.4) is 0 Å². The predicted molar refractivity (Wildman–Crippen MR) is 111 cm³/mol. The fourth-order valence-electron chi connectivity index (χ4n) is 2.71. The lowest BCUT2D eigenvalue weighted by molar-refractivity contribution is 0.0526. The highest BCUT2D eigenvalue weighted by Gasteiger charge is 2.19. The van der Waals surface area contributed by atoms with E-state index in [4.69, 9.17) is 16.3 Å². The summed E-state index contributed by atoms with van der Waals surface area (Å²) in [5.41, 5.74) is -0.789. The van der Waals surface area contributed by atoms with Crippen molar-refractivity contribution in [1.82, 2.24) is 24.0 Å². The highest BCUT2D eigenvalue weighted by molar-refractivity contribution is 9.10. The Hall–Kier alpha value is -1.81. The molecule has 0 spiro atoms. The van der Waals surface area contributed by atoms with Crippen molar-refractivity contribution in [1.29, 1.82) is 0 Å². The average Bonchev–Trinajstić information content (AvgIpc) is 2.92. The summed E-state index contributed by atoms with van der Waals surface area (Å²) in [7, 11) is 1.57. The fourth-order valence-corrected chi connectivity index (χ4v) is 3.35. The number of aromatic nitrogens is 4. The van der Waals surface area contributed by atoms with Crippen LogP contribution in [0.15, 0.2) is 14.3 Å². The van der Waals surface area contributed by atoms with Gasteiger partial charge in [0.1, 0.15) is 5.60 Å². The van der Waals surface area contributed by atoms with Crippen LogP contribution < -0.4 is 16.6 Å². The molecule has 1 amide bonds. The first-order chi connectivity index (χ1) is 13.1. The summed E-state index contributed by atoms with van der Waals surface area (Å²) < 4.78 is 9.86. The fraction of sp³-hybridized carbons (Fsp3) is 0.647. The van der Waals surface area contributed by atoms with Gasteiger partial charge in [0.2, 0.25) is 0 Å². The molecule has 0 radical (unpaired) electrons. The molecule has 1 N–H and O–H groups in total. The molecule has 11 heteroatoms. The molecule has 0 fully saturated rings. The zero-order valence-corrected chi connectivity index (χ0v) is 18.8. The maximum atomic E-state index is 12.9. The molecule has 156 valence electrons. The van der Waals surface area contributed by atoms with E-state index in [0.717, 1.165) is 4.57 Å². The number of aryl methyl sites for hydroxylation is 2. The van der Waals surface area contributed by atoms with E-state index in [2.05, 4.69) is 26.2 Å². The minimum atomic E-state index is -0.586. The summed E-state index contributed by atoms with van der Waals surface area (Å²) in [5, 5.41) is 2.62. The monoisotopic (exact) mass is 477 g/mol. The van der Waals surface area contributed by atoms with Crippen LogP contribution in [0.1, 0.15) is 33.6 Å². The minimum Gasteiger partial charge on any atom is -0.444 e. The second-order valence-corrected chi connectivity index (χ2v) is 8.42. The Balaban J connectivity index is 2.22. The van der Waals surface area contributed by atoms with Gasteiger partial charge >= 0.3 is 11.8 Å². The van der Waals surface area contributed by atoms with E-state index in [0.29, 0.717) is 41.2 Å². The Bertz CT molecular complexity index is 973. The van der Waals surface area contributed by atoms with Crippen LogP contribution in [-0.4, -0.2) is 42.8 Å². The number of carbonyl (C=O) groups is 1. The summed E-state index contributed by atoms with van der Waals surface area (Å²) in [4.78, 5) is 41.5. The number of rotatable bonds is 7. The third kappa shape index (κ3) is 5.16. The van der Waals surface area contributed by atoms with Crippen molar-refractivity contribution in [2.75, 3.05) is 12.4 Å². The first kappa shape index (κ1) is 22.5. The quantitative estimate of drug-likeness (QED) is 0.374. The van der Waals surface area contributed by atoms with Gasteiger partial charge in [0.25, 0.3) is 5.56 Å². The van der Waals surface area contributed by atoms with Crippen molar-refractivity contribution in [3.63, 3.8) is 0 Å². The Morgan fingerprint density at radius 1 is 1.21 bits per heavy atom. The maximum absolute atomic E-state index is 12.9. The second kappa shape index (κ2) is 9.13. The van der Waals surface area contributed by atoms with Crippen molar-refractivity contribution >= 4 is 44.8 Å². The largest absolute Gasteiger partial charge is 0.444 e. The number of amides is 1. The molecule has 0 atom stereocenters. The van der Waals surface area contributed by atoms with Crippen molar-refractivity contribution in [3.05, 3.63) is 25.6 Å². The number of nitrogens with one attached hydrogen (secondary N) is 1. The van der Waals surface area contributed by atoms with Gasteiger partial charge in [-0.25, -0.2) is 14.6 Å². The van der Waals surface area contributed by atoms with Gasteiger partial charge in [-0.2, -0.15) is 0 Å². The lowest BCUT2D eigenvalue weighted by Gasteiger charge is -2.19.